The van der Waals surface area contributed by atoms with Gasteiger partial charge in [0.25, 0.3) is 0 Å². The van der Waals surface area contributed by atoms with Crippen LogP contribution in [0.3, 0.4) is 0 Å². The molecule has 4 N–H and O–H groups in total. The lowest BCUT2D eigenvalue weighted by Crippen LogP contribution is -2.34. The zero-order valence-electron chi connectivity index (χ0n) is 12.6. The molecular weight excluding hydrogens is 298 g/mol. The number of benzene rings is 1. The fraction of sp³-hybridized carbons (Fsp3) is 0.250. The van der Waals surface area contributed by atoms with Crippen LogP contribution in [0.25, 0.3) is 0 Å². The molecule has 5 nitrogen and oxygen atoms in total. The van der Waals surface area contributed by atoms with E-state index in [9.17, 15) is 9.59 Å². The number of nitrogens with two attached hydrogens (primary N) is 1. The lowest BCUT2D eigenvalue weighted by atomic mass is 10.1. The number of urea groups is 1. The molecule has 0 bridgehead atoms. The molecule has 1 heterocycles. The Labute approximate surface area is 133 Å². The van der Waals surface area contributed by atoms with Gasteiger partial charge in [-0.2, -0.15) is 0 Å². The highest BCUT2D eigenvalue weighted by molar-refractivity contribution is 7.10. The highest BCUT2D eigenvalue weighted by Crippen LogP contribution is 2.23. The maximum Gasteiger partial charge on any atom is 0.312 e. The molecule has 2 aromatic rings. The van der Waals surface area contributed by atoms with Crippen molar-refractivity contribution in [3.05, 3.63) is 51.7 Å². The molecule has 0 saturated heterocycles. The molecule has 0 aliphatic carbocycles. The van der Waals surface area contributed by atoms with E-state index in [1.807, 2.05) is 49.6 Å². The Morgan fingerprint density at radius 3 is 2.59 bits per heavy atom. The smallest absolute Gasteiger partial charge is 0.312 e. The zero-order valence-corrected chi connectivity index (χ0v) is 13.4. The number of rotatable bonds is 5. The van der Waals surface area contributed by atoms with Gasteiger partial charge in [0.1, 0.15) is 0 Å². The topological polar surface area (TPSA) is 84.2 Å². The second kappa shape index (κ2) is 7.09. The second-order valence-electron chi connectivity index (χ2n) is 5.13. The van der Waals surface area contributed by atoms with Crippen LogP contribution in [0.4, 0.5) is 10.5 Å². The minimum Gasteiger partial charge on any atom is -0.352 e. The standard InChI is InChI=1S/C16H19N3O2S/c1-10-5-6-12(8-11(10)2)18-15(20)9-13(19-16(17)21)14-4-3-7-22-14/h3-8,13H,9H2,1-2H3,(H,18,20)(H3,17,19,21). The molecule has 22 heavy (non-hydrogen) atoms. The number of aryl methyl sites for hydroxylation is 2. The number of carbonyl (C=O) groups is 2. The maximum absolute atomic E-state index is 12.2. The molecule has 0 aliphatic heterocycles. The zero-order chi connectivity index (χ0) is 16.1. The summed E-state index contributed by atoms with van der Waals surface area (Å²) >= 11 is 1.48. The lowest BCUT2D eigenvalue weighted by molar-refractivity contribution is -0.116. The van der Waals surface area contributed by atoms with Crippen molar-refractivity contribution in [2.24, 2.45) is 5.73 Å². The first-order chi connectivity index (χ1) is 10.5. The monoisotopic (exact) mass is 317 g/mol. The first-order valence-electron chi connectivity index (χ1n) is 6.92. The van der Waals surface area contributed by atoms with Crippen molar-refractivity contribution in [2.45, 2.75) is 26.3 Å². The summed E-state index contributed by atoms with van der Waals surface area (Å²) in [6.07, 6.45) is 0.135. The van der Waals surface area contributed by atoms with E-state index in [-0.39, 0.29) is 12.3 Å². The van der Waals surface area contributed by atoms with E-state index in [1.165, 1.54) is 16.9 Å². The number of amides is 3. The number of carbonyl (C=O) groups excluding carboxylic acids is 2. The molecule has 6 heteroatoms. The van der Waals surface area contributed by atoms with Crippen LogP contribution in [0.15, 0.2) is 35.7 Å². The van der Waals surface area contributed by atoms with E-state index < -0.39 is 12.1 Å². The van der Waals surface area contributed by atoms with Gasteiger partial charge in [0, 0.05) is 10.6 Å². The average Bonchev–Trinajstić information content (AvgIpc) is 2.95. The molecule has 2 rings (SSSR count). The van der Waals surface area contributed by atoms with Crippen LogP contribution < -0.4 is 16.4 Å². The lowest BCUT2D eigenvalue weighted by Gasteiger charge is -2.16. The van der Waals surface area contributed by atoms with Gasteiger partial charge >= 0.3 is 6.03 Å². The van der Waals surface area contributed by atoms with Crippen molar-refractivity contribution in [1.82, 2.24) is 5.32 Å². The van der Waals surface area contributed by atoms with Crippen LogP contribution in [0, 0.1) is 13.8 Å². The van der Waals surface area contributed by atoms with Gasteiger partial charge in [-0.25, -0.2) is 4.79 Å². The number of hydrogen-bond donors (Lipinski definition) is 3. The summed E-state index contributed by atoms with van der Waals surface area (Å²) in [6.45, 7) is 4.01. The third-order valence-electron chi connectivity index (χ3n) is 3.38. The Kier molecular flexibility index (Phi) is 5.16. The van der Waals surface area contributed by atoms with Gasteiger partial charge in [0.2, 0.25) is 5.91 Å². The summed E-state index contributed by atoms with van der Waals surface area (Å²) < 4.78 is 0. The number of anilines is 1. The van der Waals surface area contributed by atoms with E-state index in [0.29, 0.717) is 0 Å². The molecule has 116 valence electrons. The van der Waals surface area contributed by atoms with E-state index in [1.54, 1.807) is 0 Å². The van der Waals surface area contributed by atoms with Gasteiger partial charge in [-0.15, -0.1) is 11.3 Å². The average molecular weight is 317 g/mol. The molecule has 0 spiro atoms. The Balaban J connectivity index is 2.04. The van der Waals surface area contributed by atoms with Gasteiger partial charge in [-0.3, -0.25) is 4.79 Å². The van der Waals surface area contributed by atoms with Crippen LogP contribution in [0.2, 0.25) is 0 Å². The van der Waals surface area contributed by atoms with Gasteiger partial charge in [0.05, 0.1) is 12.5 Å². The molecule has 1 atom stereocenters. The van der Waals surface area contributed by atoms with Crippen LogP contribution in [0.5, 0.6) is 0 Å². The largest absolute Gasteiger partial charge is 0.352 e. The maximum atomic E-state index is 12.2. The van der Waals surface area contributed by atoms with E-state index in [4.69, 9.17) is 5.73 Å². The summed E-state index contributed by atoms with van der Waals surface area (Å²) in [5, 5.41) is 7.35. The van der Waals surface area contributed by atoms with Gasteiger partial charge in [-0.1, -0.05) is 12.1 Å². The fourth-order valence-corrected chi connectivity index (χ4v) is 2.88. The van der Waals surface area contributed by atoms with Gasteiger partial charge < -0.3 is 16.4 Å². The number of primary amides is 1. The molecular formula is C16H19N3O2S. The molecule has 0 aliphatic rings. The van der Waals surface area contributed by atoms with Crippen molar-refractivity contribution in [1.29, 1.82) is 0 Å². The van der Waals surface area contributed by atoms with Crippen molar-refractivity contribution in [3.8, 4) is 0 Å². The minimum atomic E-state index is -0.641. The summed E-state index contributed by atoms with van der Waals surface area (Å²) in [6, 6.07) is 8.44. The Morgan fingerprint density at radius 1 is 1.23 bits per heavy atom. The fourth-order valence-electron chi connectivity index (χ4n) is 2.10. The number of thiophene rings is 1. The summed E-state index contributed by atoms with van der Waals surface area (Å²) in [5.41, 5.74) is 8.22. The van der Waals surface area contributed by atoms with Crippen LogP contribution >= 0.6 is 11.3 Å². The van der Waals surface area contributed by atoms with E-state index >= 15 is 0 Å². The second-order valence-corrected chi connectivity index (χ2v) is 6.11. The van der Waals surface area contributed by atoms with Crippen LogP contribution in [-0.4, -0.2) is 11.9 Å². The van der Waals surface area contributed by atoms with Crippen molar-refractivity contribution in [2.75, 3.05) is 5.32 Å². The summed E-state index contributed by atoms with van der Waals surface area (Å²) in [7, 11) is 0. The molecule has 0 saturated carbocycles. The molecule has 1 unspecified atom stereocenters. The summed E-state index contributed by atoms with van der Waals surface area (Å²) in [5.74, 6) is -0.171. The molecule has 1 aromatic carbocycles. The molecule has 0 fully saturated rings. The van der Waals surface area contributed by atoms with E-state index in [2.05, 4.69) is 10.6 Å². The van der Waals surface area contributed by atoms with Gasteiger partial charge in [0.15, 0.2) is 0 Å². The number of nitrogens with one attached hydrogen (secondary N) is 2. The van der Waals surface area contributed by atoms with Crippen LogP contribution in [-0.2, 0) is 4.79 Å². The molecule has 1 aromatic heterocycles. The van der Waals surface area contributed by atoms with Crippen LogP contribution in [0.1, 0.15) is 28.5 Å². The predicted molar refractivity (Wildman–Crippen MR) is 88.9 cm³/mol. The Hall–Kier alpha value is -2.34. The minimum absolute atomic E-state index is 0.135. The first kappa shape index (κ1) is 16.0. The highest BCUT2D eigenvalue weighted by atomic mass is 32.1. The van der Waals surface area contributed by atoms with Gasteiger partial charge in [-0.05, 0) is 48.6 Å². The summed E-state index contributed by atoms with van der Waals surface area (Å²) in [4.78, 5) is 24.2. The van der Waals surface area contributed by atoms with E-state index in [0.717, 1.165) is 16.1 Å². The third-order valence-corrected chi connectivity index (χ3v) is 4.37. The van der Waals surface area contributed by atoms with Crippen molar-refractivity contribution >= 4 is 29.0 Å². The quantitative estimate of drug-likeness (QED) is 0.791. The number of hydrogen-bond acceptors (Lipinski definition) is 3. The molecule has 0 radical (unpaired) electrons. The third kappa shape index (κ3) is 4.33. The van der Waals surface area contributed by atoms with Crippen molar-refractivity contribution in [3.63, 3.8) is 0 Å². The highest BCUT2D eigenvalue weighted by Gasteiger charge is 2.18. The SMILES string of the molecule is Cc1ccc(NC(=O)CC(NC(N)=O)c2cccs2)cc1C. The molecule has 3 amide bonds. The Morgan fingerprint density at radius 2 is 2.00 bits per heavy atom. The normalized spacial score (nSPS) is 11.7. The predicted octanol–water partition coefficient (Wildman–Crippen LogP) is 3.10. The Bertz CT molecular complexity index is 668. The van der Waals surface area contributed by atoms with Crippen molar-refractivity contribution < 1.29 is 9.59 Å². The first-order valence-corrected chi connectivity index (χ1v) is 7.80.